The molecule has 0 atom stereocenters. The number of nitrogens with two attached hydrogens (primary N) is 1. The van der Waals surface area contributed by atoms with Crippen LogP contribution in [0.15, 0.2) is 23.2 Å². The van der Waals surface area contributed by atoms with Gasteiger partial charge in [-0.1, -0.05) is 29.3 Å². The van der Waals surface area contributed by atoms with E-state index in [0.717, 1.165) is 12.8 Å². The molecule has 18 heavy (non-hydrogen) atoms. The first-order valence-electron chi connectivity index (χ1n) is 5.42. The Morgan fingerprint density at radius 2 is 1.94 bits per heavy atom. The highest BCUT2D eigenvalue weighted by molar-refractivity contribution is 6.38. The van der Waals surface area contributed by atoms with Crippen LogP contribution < -0.4 is 16.4 Å². The van der Waals surface area contributed by atoms with E-state index < -0.39 is 0 Å². The minimum absolute atomic E-state index is 0.0526. The first kappa shape index (κ1) is 13.0. The molecule has 1 aliphatic rings. The Kier molecular flexibility index (Phi) is 3.93. The van der Waals surface area contributed by atoms with Crippen LogP contribution in [0.4, 0.5) is 10.5 Å². The number of nitrogens with one attached hydrogen (secondary N) is 2. The Hall–Kier alpha value is -1.46. The molecule has 0 heterocycles. The number of amides is 2. The number of halogens is 2. The Morgan fingerprint density at radius 3 is 2.50 bits per heavy atom. The molecule has 2 amide bonds. The Bertz CT molecular complexity index is 480. The van der Waals surface area contributed by atoms with E-state index in [9.17, 15) is 4.79 Å². The minimum Gasteiger partial charge on any atom is -0.369 e. The van der Waals surface area contributed by atoms with Gasteiger partial charge in [0.05, 0.1) is 10.0 Å². The van der Waals surface area contributed by atoms with E-state index in [-0.39, 0.29) is 18.0 Å². The van der Waals surface area contributed by atoms with Gasteiger partial charge < -0.3 is 11.1 Å². The highest BCUT2D eigenvalue weighted by atomic mass is 35.5. The summed E-state index contributed by atoms with van der Waals surface area (Å²) in [5.41, 5.74) is 5.94. The van der Waals surface area contributed by atoms with E-state index in [0.29, 0.717) is 15.7 Å². The zero-order chi connectivity index (χ0) is 13.1. The number of carbonyl (C=O) groups is 1. The monoisotopic (exact) mass is 286 g/mol. The first-order valence-corrected chi connectivity index (χ1v) is 6.17. The molecular formula is C11H12Cl2N4O. The average Bonchev–Trinajstić information content (AvgIpc) is 3.07. The third kappa shape index (κ3) is 3.51. The molecule has 0 bridgehead atoms. The van der Waals surface area contributed by atoms with Crippen molar-refractivity contribution in [3.8, 4) is 0 Å². The summed E-state index contributed by atoms with van der Waals surface area (Å²) in [6.45, 7) is 0. The molecule has 96 valence electrons. The van der Waals surface area contributed by atoms with Gasteiger partial charge in [-0.25, -0.2) is 9.79 Å². The maximum Gasteiger partial charge on any atom is 0.321 e. The molecule has 2 rings (SSSR count). The fourth-order valence-electron chi connectivity index (χ4n) is 1.31. The van der Waals surface area contributed by atoms with Crippen molar-refractivity contribution in [2.45, 2.75) is 18.9 Å². The molecule has 1 aromatic rings. The van der Waals surface area contributed by atoms with Gasteiger partial charge in [0.1, 0.15) is 5.69 Å². The van der Waals surface area contributed by atoms with Crippen LogP contribution in [0, 0.1) is 0 Å². The van der Waals surface area contributed by atoms with Gasteiger partial charge in [0.15, 0.2) is 0 Å². The number of para-hydroxylation sites is 1. The average molecular weight is 287 g/mol. The van der Waals surface area contributed by atoms with Gasteiger partial charge in [0.2, 0.25) is 5.96 Å². The second kappa shape index (κ2) is 5.46. The van der Waals surface area contributed by atoms with E-state index in [2.05, 4.69) is 15.6 Å². The predicted molar refractivity (Wildman–Crippen MR) is 72.4 cm³/mol. The van der Waals surface area contributed by atoms with Crippen molar-refractivity contribution >= 4 is 40.9 Å². The van der Waals surface area contributed by atoms with Crippen molar-refractivity contribution in [2.24, 2.45) is 10.7 Å². The summed E-state index contributed by atoms with van der Waals surface area (Å²) >= 11 is 11.9. The van der Waals surface area contributed by atoms with Gasteiger partial charge in [0.25, 0.3) is 0 Å². The van der Waals surface area contributed by atoms with E-state index in [1.54, 1.807) is 18.2 Å². The first-order chi connectivity index (χ1) is 8.56. The lowest BCUT2D eigenvalue weighted by atomic mass is 10.3. The molecule has 0 saturated heterocycles. The van der Waals surface area contributed by atoms with Gasteiger partial charge >= 0.3 is 6.03 Å². The van der Waals surface area contributed by atoms with E-state index in [1.807, 2.05) is 0 Å². The molecule has 4 N–H and O–H groups in total. The molecule has 1 aromatic carbocycles. The lowest BCUT2D eigenvalue weighted by Gasteiger charge is -2.06. The molecule has 5 nitrogen and oxygen atoms in total. The van der Waals surface area contributed by atoms with Gasteiger partial charge in [-0.2, -0.15) is 0 Å². The smallest absolute Gasteiger partial charge is 0.321 e. The number of benzene rings is 1. The molecule has 7 heteroatoms. The molecular weight excluding hydrogens is 275 g/mol. The van der Waals surface area contributed by atoms with E-state index in [1.165, 1.54) is 0 Å². The van der Waals surface area contributed by atoms with Crippen molar-refractivity contribution in [3.63, 3.8) is 0 Å². The highest BCUT2D eigenvalue weighted by Gasteiger charge is 2.23. The maximum absolute atomic E-state index is 11.4. The van der Waals surface area contributed by atoms with Gasteiger partial charge in [-0.05, 0) is 25.0 Å². The normalized spacial score (nSPS) is 15.3. The van der Waals surface area contributed by atoms with E-state index >= 15 is 0 Å². The summed E-state index contributed by atoms with van der Waals surface area (Å²) in [5.74, 6) is -0.0526. The van der Waals surface area contributed by atoms with Crippen molar-refractivity contribution in [3.05, 3.63) is 28.2 Å². The van der Waals surface area contributed by atoms with Crippen molar-refractivity contribution in [1.29, 1.82) is 0 Å². The number of urea groups is 1. The number of rotatable bonds is 2. The molecule has 0 radical (unpaired) electrons. The van der Waals surface area contributed by atoms with Crippen LogP contribution in [0.2, 0.25) is 10.0 Å². The van der Waals surface area contributed by atoms with Crippen molar-refractivity contribution in [2.75, 3.05) is 0 Å². The van der Waals surface area contributed by atoms with Crippen LogP contribution in [0.5, 0.6) is 0 Å². The van der Waals surface area contributed by atoms with Crippen molar-refractivity contribution < 1.29 is 4.79 Å². The van der Waals surface area contributed by atoms with Crippen LogP contribution in [0.25, 0.3) is 0 Å². The number of hydrogen-bond acceptors (Lipinski definition) is 2. The molecule has 1 aliphatic carbocycles. The van der Waals surface area contributed by atoms with Gasteiger partial charge in [-0.15, -0.1) is 0 Å². The fourth-order valence-corrected chi connectivity index (χ4v) is 1.79. The maximum atomic E-state index is 11.4. The Balaban J connectivity index is 2.04. The summed E-state index contributed by atoms with van der Waals surface area (Å²) in [4.78, 5) is 15.4. The third-order valence-electron chi connectivity index (χ3n) is 2.32. The summed E-state index contributed by atoms with van der Waals surface area (Å²) in [6.07, 6.45) is 2.00. The van der Waals surface area contributed by atoms with Crippen LogP contribution in [-0.4, -0.2) is 18.0 Å². The zero-order valence-electron chi connectivity index (χ0n) is 9.41. The molecule has 1 fully saturated rings. The summed E-state index contributed by atoms with van der Waals surface area (Å²) in [7, 11) is 0. The molecule has 0 spiro atoms. The fraction of sp³-hybridized carbons (Fsp3) is 0.273. The molecule has 0 aromatic heterocycles. The zero-order valence-corrected chi connectivity index (χ0v) is 10.9. The van der Waals surface area contributed by atoms with Gasteiger partial charge in [0, 0.05) is 6.04 Å². The highest BCUT2D eigenvalue weighted by Crippen LogP contribution is 2.32. The summed E-state index contributed by atoms with van der Waals surface area (Å²) < 4.78 is 0. The summed E-state index contributed by atoms with van der Waals surface area (Å²) in [5, 5.41) is 5.88. The number of nitrogens with zero attached hydrogens (tertiary/aromatic N) is 1. The van der Waals surface area contributed by atoms with Crippen LogP contribution in [0.1, 0.15) is 12.8 Å². The second-order valence-corrected chi connectivity index (χ2v) is 4.75. The Labute approximate surface area is 114 Å². The standard InChI is InChI=1S/C11H12Cl2N4O/c12-7-2-1-3-8(13)9(7)16-10(14)17-11(18)15-6-4-5-6/h1-3,6H,4-5H2,(H4,14,15,16,17,18). The van der Waals surface area contributed by atoms with Crippen LogP contribution in [-0.2, 0) is 0 Å². The Morgan fingerprint density at radius 1 is 1.33 bits per heavy atom. The third-order valence-corrected chi connectivity index (χ3v) is 2.93. The topological polar surface area (TPSA) is 79.5 Å². The summed E-state index contributed by atoms with van der Waals surface area (Å²) in [6, 6.07) is 4.87. The lowest BCUT2D eigenvalue weighted by molar-refractivity contribution is 0.245. The largest absolute Gasteiger partial charge is 0.369 e. The van der Waals surface area contributed by atoms with E-state index in [4.69, 9.17) is 28.9 Å². The predicted octanol–water partition coefficient (Wildman–Crippen LogP) is 2.40. The second-order valence-electron chi connectivity index (χ2n) is 3.94. The number of guanidine groups is 1. The van der Waals surface area contributed by atoms with Crippen LogP contribution in [0.3, 0.4) is 0 Å². The lowest BCUT2D eigenvalue weighted by Crippen LogP contribution is -2.44. The molecule has 1 saturated carbocycles. The van der Waals surface area contributed by atoms with Gasteiger partial charge in [-0.3, -0.25) is 5.32 Å². The number of hydrogen-bond donors (Lipinski definition) is 3. The number of aliphatic imine (C=N–C) groups is 1. The molecule has 0 aliphatic heterocycles. The SMILES string of the molecule is NC(=Nc1c(Cl)cccc1Cl)NC(=O)NC1CC1. The quantitative estimate of drug-likeness (QED) is 0.577. The van der Waals surface area contributed by atoms with Crippen molar-refractivity contribution in [1.82, 2.24) is 10.6 Å². The minimum atomic E-state index is -0.373. The number of carbonyl (C=O) groups excluding carboxylic acids is 1. The molecule has 0 unspecified atom stereocenters. The van der Waals surface area contributed by atoms with Crippen LogP contribution >= 0.6 is 23.2 Å².